The molecule has 6 nitrogen and oxygen atoms in total. The molecule has 0 atom stereocenters. The number of aryl methyl sites for hydroxylation is 1. The highest BCUT2D eigenvalue weighted by Crippen LogP contribution is 2.27. The summed E-state index contributed by atoms with van der Waals surface area (Å²) < 4.78 is 20.0. The molecule has 7 heteroatoms. The summed E-state index contributed by atoms with van der Waals surface area (Å²) in [5.74, 6) is -1.04. The molecule has 146 valence electrons. The summed E-state index contributed by atoms with van der Waals surface area (Å²) in [5.41, 5.74) is 1.04. The molecule has 0 bridgehead atoms. The number of hydrogen-bond acceptors (Lipinski definition) is 5. The zero-order valence-corrected chi connectivity index (χ0v) is 16.1. The van der Waals surface area contributed by atoms with Gasteiger partial charge in [0, 0.05) is 31.8 Å². The number of nitrogens with zero attached hydrogens (tertiary/aromatic N) is 2. The second-order valence-electron chi connectivity index (χ2n) is 7.71. The number of hydrogen-bond donors (Lipinski definition) is 1. The lowest BCUT2D eigenvalue weighted by Crippen LogP contribution is -2.27. The maximum absolute atomic E-state index is 13.2. The van der Waals surface area contributed by atoms with Crippen LogP contribution in [-0.4, -0.2) is 20.6 Å². The Balaban J connectivity index is 2.05. The Bertz CT molecular complexity index is 1130. The van der Waals surface area contributed by atoms with Gasteiger partial charge in [-0.05, 0) is 44.0 Å². The molecule has 28 heavy (non-hydrogen) atoms. The van der Waals surface area contributed by atoms with Crippen LogP contribution in [0.1, 0.15) is 31.9 Å². The second-order valence-corrected chi connectivity index (χ2v) is 7.71. The van der Waals surface area contributed by atoms with Gasteiger partial charge in [-0.3, -0.25) is 14.6 Å². The fraction of sp³-hybridized carbons (Fsp3) is 0.286. The van der Waals surface area contributed by atoms with Crippen molar-refractivity contribution >= 4 is 17.0 Å². The molecule has 0 aliphatic carbocycles. The van der Waals surface area contributed by atoms with Crippen LogP contribution in [0.3, 0.4) is 0 Å². The molecule has 0 saturated carbocycles. The molecule has 0 radical (unpaired) electrons. The molecule has 3 rings (SSSR count). The van der Waals surface area contributed by atoms with E-state index in [2.05, 4.69) is 4.98 Å². The summed E-state index contributed by atoms with van der Waals surface area (Å²) in [6, 6.07) is 6.79. The molecule has 2 aromatic heterocycles. The first kappa shape index (κ1) is 19.5. The number of halogens is 1. The Kier molecular flexibility index (Phi) is 4.93. The predicted octanol–water partition coefficient (Wildman–Crippen LogP) is 3.32. The van der Waals surface area contributed by atoms with Gasteiger partial charge in [-0.1, -0.05) is 6.07 Å². The van der Waals surface area contributed by atoms with Gasteiger partial charge in [-0.2, -0.15) is 0 Å². The number of rotatable bonds is 3. The predicted molar refractivity (Wildman–Crippen MR) is 103 cm³/mol. The van der Waals surface area contributed by atoms with E-state index in [0.29, 0.717) is 28.6 Å². The highest BCUT2D eigenvalue weighted by Gasteiger charge is 2.25. The van der Waals surface area contributed by atoms with Crippen LogP contribution in [0.2, 0.25) is 0 Å². The molecule has 0 aliphatic rings. The third-order valence-corrected chi connectivity index (χ3v) is 4.36. The molecule has 0 saturated heterocycles. The van der Waals surface area contributed by atoms with E-state index in [0.717, 1.165) is 6.07 Å². The summed E-state index contributed by atoms with van der Waals surface area (Å²) in [4.78, 5) is 28.9. The first-order valence-electron chi connectivity index (χ1n) is 8.74. The van der Waals surface area contributed by atoms with Crippen molar-refractivity contribution in [3.63, 3.8) is 0 Å². The minimum absolute atomic E-state index is 0.106. The Labute approximate surface area is 161 Å². The van der Waals surface area contributed by atoms with Crippen molar-refractivity contribution in [1.82, 2.24) is 9.55 Å². The summed E-state index contributed by atoms with van der Waals surface area (Å²) in [6.07, 6.45) is 1.87. The van der Waals surface area contributed by atoms with Gasteiger partial charge in [0.15, 0.2) is 5.75 Å². The van der Waals surface area contributed by atoms with Crippen LogP contribution in [0.4, 0.5) is 4.39 Å². The van der Waals surface area contributed by atoms with Crippen molar-refractivity contribution in [2.45, 2.75) is 27.2 Å². The lowest BCUT2D eigenvalue weighted by molar-refractivity contribution is -0.142. The van der Waals surface area contributed by atoms with Crippen LogP contribution in [-0.2, 0) is 18.3 Å². The monoisotopic (exact) mass is 384 g/mol. The lowest BCUT2D eigenvalue weighted by Gasteiger charge is -2.17. The standard InChI is InChI=1S/C21H21FN2O4/c1-21(2,3)20(27)28-17-10-18(26)24(4)15-8-12(11-23-19(15)17)7-13-5-6-14(22)9-16(13)25/h5-6,8-11,25H,7H2,1-4H3. The van der Waals surface area contributed by atoms with Gasteiger partial charge in [0.1, 0.15) is 17.1 Å². The molecule has 1 aromatic carbocycles. The third-order valence-electron chi connectivity index (χ3n) is 4.36. The molecule has 0 amide bonds. The Morgan fingerprint density at radius 3 is 2.61 bits per heavy atom. The van der Waals surface area contributed by atoms with E-state index in [4.69, 9.17) is 4.74 Å². The van der Waals surface area contributed by atoms with Crippen molar-refractivity contribution in [2.24, 2.45) is 12.5 Å². The van der Waals surface area contributed by atoms with Crippen LogP contribution >= 0.6 is 0 Å². The molecular weight excluding hydrogens is 363 g/mol. The Morgan fingerprint density at radius 1 is 1.25 bits per heavy atom. The maximum Gasteiger partial charge on any atom is 0.316 e. The topological polar surface area (TPSA) is 81.4 Å². The summed E-state index contributed by atoms with van der Waals surface area (Å²) >= 11 is 0. The number of phenolic OH excluding ortho intramolecular Hbond substituents is 1. The van der Waals surface area contributed by atoms with Crippen LogP contribution in [0, 0.1) is 11.2 Å². The Morgan fingerprint density at radius 2 is 1.96 bits per heavy atom. The number of aromatic nitrogens is 2. The number of fused-ring (bicyclic) bond motifs is 1. The molecule has 0 fully saturated rings. The second kappa shape index (κ2) is 7.07. The number of pyridine rings is 2. The highest BCUT2D eigenvalue weighted by molar-refractivity contribution is 5.86. The minimum Gasteiger partial charge on any atom is -0.508 e. The van der Waals surface area contributed by atoms with Gasteiger partial charge in [0.05, 0.1) is 10.9 Å². The van der Waals surface area contributed by atoms with E-state index in [-0.39, 0.29) is 17.1 Å². The minimum atomic E-state index is -0.729. The summed E-state index contributed by atoms with van der Waals surface area (Å²) in [7, 11) is 1.60. The zero-order valence-electron chi connectivity index (χ0n) is 16.1. The molecule has 3 aromatic rings. The quantitative estimate of drug-likeness (QED) is 0.701. The van der Waals surface area contributed by atoms with E-state index in [1.54, 1.807) is 40.1 Å². The van der Waals surface area contributed by atoms with E-state index in [1.807, 2.05) is 0 Å². The largest absolute Gasteiger partial charge is 0.508 e. The van der Waals surface area contributed by atoms with Gasteiger partial charge in [-0.15, -0.1) is 0 Å². The van der Waals surface area contributed by atoms with E-state index in [1.165, 1.54) is 22.8 Å². The molecule has 2 heterocycles. The molecule has 0 aliphatic heterocycles. The molecule has 0 unspecified atom stereocenters. The number of carbonyl (C=O) groups is 1. The first-order chi connectivity index (χ1) is 13.1. The number of benzene rings is 1. The first-order valence-corrected chi connectivity index (χ1v) is 8.74. The fourth-order valence-electron chi connectivity index (χ4n) is 2.67. The number of esters is 1. The fourth-order valence-corrected chi connectivity index (χ4v) is 2.67. The molecule has 1 N–H and O–H groups in total. The van der Waals surface area contributed by atoms with E-state index >= 15 is 0 Å². The van der Waals surface area contributed by atoms with E-state index in [9.17, 15) is 19.1 Å². The number of aromatic hydroxyl groups is 1. The van der Waals surface area contributed by atoms with Crippen molar-refractivity contribution in [3.05, 3.63) is 63.8 Å². The van der Waals surface area contributed by atoms with Gasteiger partial charge in [-0.25, -0.2) is 4.39 Å². The molecule has 0 spiro atoms. The average Bonchev–Trinajstić information content (AvgIpc) is 2.61. The van der Waals surface area contributed by atoms with Crippen molar-refractivity contribution in [1.29, 1.82) is 0 Å². The third kappa shape index (κ3) is 3.88. The maximum atomic E-state index is 13.2. The van der Waals surface area contributed by atoms with Gasteiger partial charge >= 0.3 is 5.97 Å². The average molecular weight is 384 g/mol. The van der Waals surface area contributed by atoms with Crippen LogP contribution in [0.15, 0.2) is 41.3 Å². The van der Waals surface area contributed by atoms with Crippen molar-refractivity contribution in [3.8, 4) is 11.5 Å². The van der Waals surface area contributed by atoms with Crippen LogP contribution < -0.4 is 10.3 Å². The summed E-state index contributed by atoms with van der Waals surface area (Å²) in [6.45, 7) is 5.16. The van der Waals surface area contributed by atoms with Crippen molar-refractivity contribution < 1.29 is 19.0 Å². The van der Waals surface area contributed by atoms with E-state index < -0.39 is 17.2 Å². The smallest absolute Gasteiger partial charge is 0.316 e. The van der Waals surface area contributed by atoms with Gasteiger partial charge in [0.25, 0.3) is 5.56 Å². The van der Waals surface area contributed by atoms with Gasteiger partial charge < -0.3 is 14.4 Å². The number of phenols is 1. The summed E-state index contributed by atoms with van der Waals surface area (Å²) in [5, 5.41) is 9.91. The number of ether oxygens (including phenoxy) is 1. The van der Waals surface area contributed by atoms with Crippen LogP contribution in [0.5, 0.6) is 11.5 Å². The Hall–Kier alpha value is -3.22. The lowest BCUT2D eigenvalue weighted by atomic mass is 9.97. The molecular formula is C21H21FN2O4. The van der Waals surface area contributed by atoms with Crippen molar-refractivity contribution in [2.75, 3.05) is 0 Å². The highest BCUT2D eigenvalue weighted by atomic mass is 19.1. The normalized spacial score (nSPS) is 11.6. The zero-order chi connectivity index (χ0) is 20.6. The van der Waals surface area contributed by atoms with Gasteiger partial charge in [0.2, 0.25) is 0 Å². The number of carbonyl (C=O) groups excluding carboxylic acids is 1. The SMILES string of the molecule is Cn1c(=O)cc(OC(=O)C(C)(C)C)c2ncc(Cc3ccc(F)cc3O)cc21. The van der Waals surface area contributed by atoms with Crippen LogP contribution in [0.25, 0.3) is 11.0 Å².